The minimum Gasteiger partial charge on any atom is -0.393 e. The van der Waals surface area contributed by atoms with Gasteiger partial charge in [0.15, 0.2) is 0 Å². The van der Waals surface area contributed by atoms with Crippen LogP contribution in [0.3, 0.4) is 0 Å². The molecule has 5 nitrogen and oxygen atoms in total. The molecule has 0 saturated carbocycles. The van der Waals surface area contributed by atoms with Crippen molar-refractivity contribution in [3.8, 4) is 0 Å². The molecule has 0 aliphatic heterocycles. The maximum Gasteiger partial charge on any atom is 0.314 e. The lowest BCUT2D eigenvalue weighted by Gasteiger charge is -2.23. The summed E-state index contributed by atoms with van der Waals surface area (Å²) < 4.78 is 5.17. The third kappa shape index (κ3) is 7.48. The van der Waals surface area contributed by atoms with E-state index >= 15 is 0 Å². The van der Waals surface area contributed by atoms with E-state index in [0.717, 1.165) is 0 Å². The first-order valence-electron chi connectivity index (χ1n) is 5.66. The molecule has 0 aromatic rings. The number of hydrogen-bond donors (Lipinski definition) is 3. The lowest BCUT2D eigenvalue weighted by Crippen LogP contribution is -2.44. The third-order valence-electron chi connectivity index (χ3n) is 2.46. The van der Waals surface area contributed by atoms with E-state index in [1.54, 1.807) is 7.11 Å². The molecule has 3 N–H and O–H groups in total. The van der Waals surface area contributed by atoms with Crippen molar-refractivity contribution >= 4 is 6.03 Å². The monoisotopic (exact) mass is 232 g/mol. The third-order valence-corrected chi connectivity index (χ3v) is 2.46. The predicted molar refractivity (Wildman–Crippen MR) is 63.4 cm³/mol. The number of ether oxygens (including phenoxy) is 1. The van der Waals surface area contributed by atoms with Gasteiger partial charge in [0, 0.05) is 20.2 Å². The molecule has 0 aromatic carbocycles. The lowest BCUT2D eigenvalue weighted by molar-refractivity contribution is 0.0253. The van der Waals surface area contributed by atoms with E-state index in [2.05, 4.69) is 10.6 Å². The van der Waals surface area contributed by atoms with E-state index in [0.29, 0.717) is 25.9 Å². The second-order valence-corrected chi connectivity index (χ2v) is 4.42. The minimum absolute atomic E-state index is 0.228. The molecule has 0 heterocycles. The molecule has 16 heavy (non-hydrogen) atoms. The number of nitrogens with one attached hydrogen (secondary N) is 2. The molecule has 0 rings (SSSR count). The van der Waals surface area contributed by atoms with Gasteiger partial charge < -0.3 is 20.5 Å². The summed E-state index contributed by atoms with van der Waals surface area (Å²) in [6, 6.07) is -0.228. The van der Waals surface area contributed by atoms with Crippen LogP contribution in [0.5, 0.6) is 0 Å². The van der Waals surface area contributed by atoms with Gasteiger partial charge >= 0.3 is 6.03 Å². The molecule has 0 aliphatic rings. The van der Waals surface area contributed by atoms with Crippen molar-refractivity contribution < 1.29 is 14.6 Å². The molecule has 0 radical (unpaired) electrons. The number of rotatable bonds is 7. The summed E-state index contributed by atoms with van der Waals surface area (Å²) in [5.74, 6) is 0. The Morgan fingerprint density at radius 3 is 2.56 bits per heavy atom. The van der Waals surface area contributed by atoms with Crippen LogP contribution < -0.4 is 10.6 Å². The van der Waals surface area contributed by atoms with Crippen LogP contribution in [0.25, 0.3) is 0 Å². The highest BCUT2D eigenvalue weighted by Crippen LogP contribution is 2.04. The van der Waals surface area contributed by atoms with Crippen LogP contribution in [0.1, 0.15) is 33.6 Å². The van der Waals surface area contributed by atoms with Gasteiger partial charge in [0.1, 0.15) is 0 Å². The van der Waals surface area contributed by atoms with Crippen molar-refractivity contribution in [1.29, 1.82) is 0 Å². The summed E-state index contributed by atoms with van der Waals surface area (Å²) in [5, 5.41) is 14.7. The average Bonchev–Trinajstić information content (AvgIpc) is 2.26. The summed E-state index contributed by atoms with van der Waals surface area (Å²) in [5.41, 5.74) is -0.361. The number of urea groups is 1. The first kappa shape index (κ1) is 15.2. The van der Waals surface area contributed by atoms with Crippen molar-refractivity contribution in [3.63, 3.8) is 0 Å². The fourth-order valence-electron chi connectivity index (χ4n) is 0.984. The number of amides is 2. The number of aliphatic hydroxyl groups is 1. The number of aliphatic hydroxyl groups excluding tert-OH is 1. The molecular formula is C11H24N2O3. The van der Waals surface area contributed by atoms with Crippen molar-refractivity contribution in [2.75, 3.05) is 20.2 Å². The summed E-state index contributed by atoms with van der Waals surface area (Å²) in [7, 11) is 1.61. The normalized spacial score (nSPS) is 13.3. The predicted octanol–water partition coefficient (Wildman–Crippen LogP) is 0.872. The zero-order chi connectivity index (χ0) is 12.6. The van der Waals surface area contributed by atoms with Gasteiger partial charge in [-0.1, -0.05) is 6.92 Å². The second kappa shape index (κ2) is 7.46. The van der Waals surface area contributed by atoms with Gasteiger partial charge in [0.25, 0.3) is 0 Å². The summed E-state index contributed by atoms with van der Waals surface area (Å²) >= 11 is 0. The average molecular weight is 232 g/mol. The Hall–Kier alpha value is -0.810. The molecule has 0 aromatic heterocycles. The number of hydrogen-bond acceptors (Lipinski definition) is 3. The van der Waals surface area contributed by atoms with E-state index in [1.807, 2.05) is 20.8 Å². The molecule has 2 amide bonds. The molecule has 0 bridgehead atoms. The van der Waals surface area contributed by atoms with Gasteiger partial charge in [0.05, 0.1) is 11.7 Å². The molecule has 1 unspecified atom stereocenters. The molecule has 1 atom stereocenters. The first-order chi connectivity index (χ1) is 7.41. The van der Waals surface area contributed by atoms with Crippen LogP contribution in [-0.4, -0.2) is 43.0 Å². The van der Waals surface area contributed by atoms with Gasteiger partial charge in [0.2, 0.25) is 0 Å². The highest BCUT2D eigenvalue weighted by molar-refractivity contribution is 5.73. The SMILES string of the molecule is CCC(O)CCNC(=O)NCC(C)(C)OC. The van der Waals surface area contributed by atoms with Gasteiger partial charge in [-0.05, 0) is 26.7 Å². The summed E-state index contributed by atoms with van der Waals surface area (Å²) in [6.07, 6.45) is 0.952. The molecule has 0 spiro atoms. The van der Waals surface area contributed by atoms with Crippen molar-refractivity contribution in [3.05, 3.63) is 0 Å². The van der Waals surface area contributed by atoms with E-state index < -0.39 is 0 Å². The Kier molecular flexibility index (Phi) is 7.08. The molecule has 0 saturated heterocycles. The standard InChI is InChI=1S/C11H24N2O3/c1-5-9(14)6-7-12-10(15)13-8-11(2,3)16-4/h9,14H,5-8H2,1-4H3,(H2,12,13,15). The van der Waals surface area contributed by atoms with E-state index in [-0.39, 0.29) is 17.7 Å². The highest BCUT2D eigenvalue weighted by Gasteiger charge is 2.16. The zero-order valence-corrected chi connectivity index (χ0v) is 10.7. The van der Waals surface area contributed by atoms with Crippen LogP contribution >= 0.6 is 0 Å². The molecule has 0 fully saturated rings. The van der Waals surface area contributed by atoms with Crippen LogP contribution in [0.2, 0.25) is 0 Å². The largest absolute Gasteiger partial charge is 0.393 e. The van der Waals surface area contributed by atoms with Crippen LogP contribution in [0.4, 0.5) is 4.79 Å². The topological polar surface area (TPSA) is 70.6 Å². The fourth-order valence-corrected chi connectivity index (χ4v) is 0.984. The number of methoxy groups -OCH3 is 1. The Balaban J connectivity index is 3.60. The molecule has 96 valence electrons. The zero-order valence-electron chi connectivity index (χ0n) is 10.7. The van der Waals surface area contributed by atoms with Gasteiger partial charge in [-0.15, -0.1) is 0 Å². The highest BCUT2D eigenvalue weighted by atomic mass is 16.5. The fraction of sp³-hybridized carbons (Fsp3) is 0.909. The number of carbonyl (C=O) groups is 1. The van der Waals surface area contributed by atoms with Crippen molar-refractivity contribution in [1.82, 2.24) is 10.6 Å². The smallest absolute Gasteiger partial charge is 0.314 e. The summed E-state index contributed by atoms with van der Waals surface area (Å²) in [4.78, 5) is 11.3. The Labute approximate surface area is 97.6 Å². The second-order valence-electron chi connectivity index (χ2n) is 4.42. The first-order valence-corrected chi connectivity index (χ1v) is 5.66. The van der Waals surface area contributed by atoms with Crippen LogP contribution in [-0.2, 0) is 4.74 Å². The molecule has 0 aliphatic carbocycles. The minimum atomic E-state index is -0.361. The van der Waals surface area contributed by atoms with E-state index in [1.165, 1.54) is 0 Å². The quantitative estimate of drug-likeness (QED) is 0.610. The van der Waals surface area contributed by atoms with E-state index in [4.69, 9.17) is 4.74 Å². The Morgan fingerprint density at radius 1 is 1.44 bits per heavy atom. The van der Waals surface area contributed by atoms with Crippen LogP contribution in [0.15, 0.2) is 0 Å². The molecular weight excluding hydrogens is 208 g/mol. The number of carbonyl (C=O) groups excluding carboxylic acids is 1. The van der Waals surface area contributed by atoms with Gasteiger partial charge in [-0.25, -0.2) is 4.79 Å². The van der Waals surface area contributed by atoms with Gasteiger partial charge in [-0.2, -0.15) is 0 Å². The van der Waals surface area contributed by atoms with Crippen molar-refractivity contribution in [2.45, 2.75) is 45.3 Å². The maximum atomic E-state index is 11.3. The van der Waals surface area contributed by atoms with Crippen molar-refractivity contribution in [2.24, 2.45) is 0 Å². The van der Waals surface area contributed by atoms with E-state index in [9.17, 15) is 9.90 Å². The molecule has 5 heteroatoms. The summed E-state index contributed by atoms with van der Waals surface area (Å²) in [6.45, 7) is 6.63. The van der Waals surface area contributed by atoms with Gasteiger partial charge in [-0.3, -0.25) is 0 Å². The lowest BCUT2D eigenvalue weighted by atomic mass is 10.1. The Bertz CT molecular complexity index is 207. The Morgan fingerprint density at radius 2 is 2.06 bits per heavy atom. The maximum absolute atomic E-state index is 11.3. The van der Waals surface area contributed by atoms with Crippen LogP contribution in [0, 0.1) is 0 Å².